The Balaban J connectivity index is 2.22. The van der Waals surface area contributed by atoms with E-state index in [0.29, 0.717) is 23.5 Å². The Labute approximate surface area is 149 Å². The molecule has 0 saturated carbocycles. The summed E-state index contributed by atoms with van der Waals surface area (Å²) < 4.78 is 5.36. The van der Waals surface area contributed by atoms with Crippen molar-refractivity contribution < 1.29 is 9.53 Å². The number of benzene rings is 2. The molecule has 2 aromatic rings. The molecule has 25 heavy (non-hydrogen) atoms. The molecule has 2 aromatic carbocycles. The zero-order chi connectivity index (χ0) is 18.2. The summed E-state index contributed by atoms with van der Waals surface area (Å²) in [6.07, 6.45) is 0. The minimum Gasteiger partial charge on any atom is -0.496 e. The number of carbonyl (C=O) groups excluding carboxylic acids is 1. The van der Waals surface area contributed by atoms with Gasteiger partial charge in [0.25, 0.3) is 5.91 Å². The van der Waals surface area contributed by atoms with E-state index in [2.05, 4.69) is 24.1 Å². The van der Waals surface area contributed by atoms with Crippen LogP contribution >= 0.6 is 0 Å². The van der Waals surface area contributed by atoms with Crippen molar-refractivity contribution in [3.63, 3.8) is 0 Å². The minimum absolute atomic E-state index is 0.152. The first kappa shape index (κ1) is 18.8. The summed E-state index contributed by atoms with van der Waals surface area (Å²) in [5, 5.41) is 2.97. The molecule has 0 heterocycles. The maximum atomic E-state index is 12.6. The van der Waals surface area contributed by atoms with Gasteiger partial charge < -0.3 is 20.7 Å². The Kier molecular flexibility index (Phi) is 6.83. The summed E-state index contributed by atoms with van der Waals surface area (Å²) in [6, 6.07) is 13.3. The van der Waals surface area contributed by atoms with Gasteiger partial charge in [-0.3, -0.25) is 4.79 Å². The van der Waals surface area contributed by atoms with Crippen LogP contribution in [0.15, 0.2) is 42.5 Å². The third-order valence-corrected chi connectivity index (χ3v) is 4.31. The van der Waals surface area contributed by atoms with Crippen molar-refractivity contribution in [1.82, 2.24) is 10.2 Å². The van der Waals surface area contributed by atoms with Crippen LogP contribution in [0.25, 0.3) is 11.1 Å². The minimum atomic E-state index is -0.152. The largest absolute Gasteiger partial charge is 0.496 e. The Morgan fingerprint density at radius 1 is 1.16 bits per heavy atom. The van der Waals surface area contributed by atoms with E-state index in [0.717, 1.165) is 30.8 Å². The van der Waals surface area contributed by atoms with Gasteiger partial charge in [-0.2, -0.15) is 0 Å². The maximum Gasteiger partial charge on any atom is 0.255 e. The number of rotatable bonds is 8. The number of ether oxygens (including phenoxy) is 1. The van der Waals surface area contributed by atoms with Crippen LogP contribution in [0.5, 0.6) is 5.75 Å². The fourth-order valence-electron chi connectivity index (χ4n) is 2.77. The average molecular weight is 341 g/mol. The normalized spacial score (nSPS) is 10.7. The summed E-state index contributed by atoms with van der Waals surface area (Å²) in [5.41, 5.74) is 9.04. The van der Waals surface area contributed by atoms with Crippen molar-refractivity contribution in [3.8, 4) is 16.9 Å². The van der Waals surface area contributed by atoms with E-state index in [1.54, 1.807) is 19.2 Å². The molecular formula is C20H27N3O2. The SMILES string of the molecule is CCN(CC)CCNC(=O)c1cc(-c2ccccc2)c(N)cc1OC. The number of carbonyl (C=O) groups is 1. The van der Waals surface area contributed by atoms with Gasteiger partial charge in [-0.25, -0.2) is 0 Å². The molecule has 0 aromatic heterocycles. The highest BCUT2D eigenvalue weighted by Crippen LogP contribution is 2.32. The first-order chi connectivity index (χ1) is 12.1. The first-order valence-electron chi connectivity index (χ1n) is 8.64. The van der Waals surface area contributed by atoms with Gasteiger partial charge in [0.1, 0.15) is 5.75 Å². The van der Waals surface area contributed by atoms with Gasteiger partial charge in [0.15, 0.2) is 0 Å². The van der Waals surface area contributed by atoms with Gasteiger partial charge in [-0.1, -0.05) is 44.2 Å². The van der Waals surface area contributed by atoms with Crippen LogP contribution in [0, 0.1) is 0 Å². The maximum absolute atomic E-state index is 12.6. The molecule has 1 amide bonds. The Bertz CT molecular complexity index is 698. The number of hydrogen-bond donors (Lipinski definition) is 2. The fourth-order valence-corrected chi connectivity index (χ4v) is 2.77. The number of amides is 1. The second-order valence-electron chi connectivity index (χ2n) is 5.79. The molecule has 0 bridgehead atoms. The molecular weight excluding hydrogens is 314 g/mol. The number of nitrogens with two attached hydrogens (primary N) is 1. The van der Waals surface area contributed by atoms with Crippen molar-refractivity contribution in [3.05, 3.63) is 48.0 Å². The summed E-state index contributed by atoms with van der Waals surface area (Å²) in [6.45, 7) is 7.57. The molecule has 2 rings (SSSR count). The van der Waals surface area contributed by atoms with Crippen molar-refractivity contribution in [1.29, 1.82) is 0 Å². The molecule has 0 radical (unpaired) electrons. The smallest absolute Gasteiger partial charge is 0.255 e. The molecule has 134 valence electrons. The topological polar surface area (TPSA) is 67.6 Å². The highest BCUT2D eigenvalue weighted by molar-refractivity contribution is 5.99. The quantitative estimate of drug-likeness (QED) is 0.724. The van der Waals surface area contributed by atoms with Gasteiger partial charge >= 0.3 is 0 Å². The highest BCUT2D eigenvalue weighted by atomic mass is 16.5. The van der Waals surface area contributed by atoms with Crippen molar-refractivity contribution in [2.75, 3.05) is 39.0 Å². The zero-order valence-electron chi connectivity index (χ0n) is 15.2. The lowest BCUT2D eigenvalue weighted by atomic mass is 10.00. The van der Waals surface area contributed by atoms with E-state index >= 15 is 0 Å². The molecule has 5 heteroatoms. The number of methoxy groups -OCH3 is 1. The number of nitrogens with one attached hydrogen (secondary N) is 1. The summed E-state index contributed by atoms with van der Waals surface area (Å²) >= 11 is 0. The lowest BCUT2D eigenvalue weighted by molar-refractivity contribution is 0.0946. The predicted octanol–water partition coefficient (Wildman–Crippen LogP) is 3.02. The number of hydrogen-bond acceptors (Lipinski definition) is 4. The molecule has 0 unspecified atom stereocenters. The third kappa shape index (κ3) is 4.73. The molecule has 0 aliphatic carbocycles. The second kappa shape index (κ2) is 9.08. The van der Waals surface area contributed by atoms with Gasteiger partial charge in [-0.15, -0.1) is 0 Å². The molecule has 5 nitrogen and oxygen atoms in total. The zero-order valence-corrected chi connectivity index (χ0v) is 15.2. The number of nitrogens with zero attached hydrogens (tertiary/aromatic N) is 1. The third-order valence-electron chi connectivity index (χ3n) is 4.31. The van der Waals surface area contributed by atoms with Crippen LogP contribution in [0.4, 0.5) is 5.69 Å². The van der Waals surface area contributed by atoms with Gasteiger partial charge in [0, 0.05) is 30.4 Å². The molecule has 0 aliphatic rings. The fraction of sp³-hybridized carbons (Fsp3) is 0.350. The van der Waals surface area contributed by atoms with E-state index in [4.69, 9.17) is 10.5 Å². The van der Waals surface area contributed by atoms with Crippen LogP contribution in [0.1, 0.15) is 24.2 Å². The summed E-state index contributed by atoms with van der Waals surface area (Å²) in [7, 11) is 1.55. The van der Waals surface area contributed by atoms with Crippen LogP contribution in [0.3, 0.4) is 0 Å². The van der Waals surface area contributed by atoms with Crippen molar-refractivity contribution in [2.45, 2.75) is 13.8 Å². The molecule has 3 N–H and O–H groups in total. The number of anilines is 1. The number of likely N-dealkylation sites (N-methyl/N-ethyl adjacent to an activating group) is 1. The second-order valence-corrected chi connectivity index (χ2v) is 5.79. The summed E-state index contributed by atoms with van der Waals surface area (Å²) in [4.78, 5) is 14.9. The van der Waals surface area contributed by atoms with E-state index in [9.17, 15) is 4.79 Å². The van der Waals surface area contributed by atoms with Gasteiger partial charge in [-0.05, 0) is 24.7 Å². The van der Waals surface area contributed by atoms with Gasteiger partial charge in [0.2, 0.25) is 0 Å². The van der Waals surface area contributed by atoms with Gasteiger partial charge in [0.05, 0.1) is 12.7 Å². The molecule has 0 atom stereocenters. The molecule has 0 fully saturated rings. The highest BCUT2D eigenvalue weighted by Gasteiger charge is 2.16. The predicted molar refractivity (Wildman–Crippen MR) is 103 cm³/mol. The van der Waals surface area contributed by atoms with E-state index in [1.165, 1.54) is 0 Å². The van der Waals surface area contributed by atoms with Crippen LogP contribution in [0.2, 0.25) is 0 Å². The molecule has 0 saturated heterocycles. The van der Waals surface area contributed by atoms with Crippen LogP contribution in [-0.4, -0.2) is 44.1 Å². The number of nitrogen functional groups attached to an aromatic ring is 1. The first-order valence-corrected chi connectivity index (χ1v) is 8.64. The lowest BCUT2D eigenvalue weighted by Crippen LogP contribution is -2.34. The Hall–Kier alpha value is -2.53. The Morgan fingerprint density at radius 2 is 1.84 bits per heavy atom. The Morgan fingerprint density at radius 3 is 2.44 bits per heavy atom. The van der Waals surface area contributed by atoms with Crippen molar-refractivity contribution in [2.24, 2.45) is 0 Å². The standard InChI is InChI=1S/C20H27N3O2/c1-4-23(5-2)12-11-22-20(24)17-13-16(15-9-7-6-8-10-15)18(21)14-19(17)25-3/h6-10,13-14H,4-5,11-12,21H2,1-3H3,(H,22,24). The molecule has 0 aliphatic heterocycles. The van der Waals surface area contributed by atoms with Crippen molar-refractivity contribution >= 4 is 11.6 Å². The van der Waals surface area contributed by atoms with Crippen LogP contribution < -0.4 is 15.8 Å². The van der Waals surface area contributed by atoms with Crippen LogP contribution in [-0.2, 0) is 0 Å². The molecule has 0 spiro atoms. The summed E-state index contributed by atoms with van der Waals surface area (Å²) in [5.74, 6) is 0.332. The van der Waals surface area contributed by atoms with E-state index < -0.39 is 0 Å². The lowest BCUT2D eigenvalue weighted by Gasteiger charge is -2.18. The van der Waals surface area contributed by atoms with E-state index in [-0.39, 0.29) is 5.91 Å². The van der Waals surface area contributed by atoms with E-state index in [1.807, 2.05) is 30.3 Å². The monoisotopic (exact) mass is 341 g/mol. The average Bonchev–Trinajstić information content (AvgIpc) is 2.65.